The van der Waals surface area contributed by atoms with E-state index in [9.17, 15) is 18.0 Å². The van der Waals surface area contributed by atoms with Crippen LogP contribution >= 0.6 is 11.6 Å². The van der Waals surface area contributed by atoms with Crippen LogP contribution in [0.15, 0.2) is 71.6 Å². The molecule has 214 valence electrons. The number of halogens is 1. The number of hydrogen-bond donors (Lipinski definition) is 1. The monoisotopic (exact) mass is 583 g/mol. The Morgan fingerprint density at radius 1 is 0.925 bits per heavy atom. The fourth-order valence-corrected chi connectivity index (χ4v) is 6.02. The fourth-order valence-electron chi connectivity index (χ4n) is 4.41. The standard InChI is InChI=1S/C31H38ClN3O4S/c1-6-7-15-33-31(37)25(5)34(20-26-9-8-10-27(32)19-26)30(36)21-35(28-17-23(3)16-24(4)18-28)40(38,39)29-13-11-22(2)12-14-29/h8-14,16-19,25H,6-7,15,20-21H2,1-5H3,(H,33,37)/t25-/m1/s1. The summed E-state index contributed by atoms with van der Waals surface area (Å²) in [7, 11) is -4.11. The Bertz CT molecular complexity index is 1420. The van der Waals surface area contributed by atoms with Gasteiger partial charge in [-0.15, -0.1) is 0 Å². The molecule has 0 heterocycles. The Morgan fingerprint density at radius 2 is 1.57 bits per heavy atom. The van der Waals surface area contributed by atoms with E-state index < -0.39 is 28.5 Å². The SMILES string of the molecule is CCCCNC(=O)[C@@H](C)N(Cc1cccc(Cl)c1)C(=O)CN(c1cc(C)cc(C)c1)S(=O)(=O)c1ccc(C)cc1. The lowest BCUT2D eigenvalue weighted by Gasteiger charge is -2.32. The molecule has 3 rings (SSSR count). The number of carbonyl (C=O) groups is 2. The van der Waals surface area contributed by atoms with Crippen molar-refractivity contribution in [2.75, 3.05) is 17.4 Å². The van der Waals surface area contributed by atoms with Gasteiger partial charge in [-0.05, 0) is 87.2 Å². The minimum Gasteiger partial charge on any atom is -0.354 e. The molecule has 0 spiro atoms. The summed E-state index contributed by atoms with van der Waals surface area (Å²) >= 11 is 6.20. The molecule has 0 bridgehead atoms. The van der Waals surface area contributed by atoms with E-state index >= 15 is 0 Å². The summed E-state index contributed by atoms with van der Waals surface area (Å²) in [6, 6.07) is 18.2. The lowest BCUT2D eigenvalue weighted by atomic mass is 10.1. The number of rotatable bonds is 12. The zero-order chi connectivity index (χ0) is 29.4. The molecule has 9 heteroatoms. The first-order valence-corrected chi connectivity index (χ1v) is 15.2. The van der Waals surface area contributed by atoms with Crippen LogP contribution < -0.4 is 9.62 Å². The normalized spacial score (nSPS) is 12.1. The van der Waals surface area contributed by atoms with Crippen molar-refractivity contribution in [3.8, 4) is 0 Å². The molecule has 0 saturated heterocycles. The van der Waals surface area contributed by atoms with Gasteiger partial charge in [-0.3, -0.25) is 13.9 Å². The predicted octanol–water partition coefficient (Wildman–Crippen LogP) is 5.79. The topological polar surface area (TPSA) is 86.8 Å². The zero-order valence-corrected chi connectivity index (χ0v) is 25.3. The van der Waals surface area contributed by atoms with Gasteiger partial charge in [0.1, 0.15) is 12.6 Å². The number of aryl methyl sites for hydroxylation is 3. The quantitative estimate of drug-likeness (QED) is 0.273. The molecule has 3 aromatic rings. The highest BCUT2D eigenvalue weighted by Crippen LogP contribution is 2.27. The van der Waals surface area contributed by atoms with E-state index in [0.717, 1.165) is 39.4 Å². The van der Waals surface area contributed by atoms with Gasteiger partial charge in [0.2, 0.25) is 11.8 Å². The molecule has 0 aliphatic rings. The van der Waals surface area contributed by atoms with E-state index in [-0.39, 0.29) is 17.3 Å². The van der Waals surface area contributed by atoms with Gasteiger partial charge >= 0.3 is 0 Å². The average molecular weight is 584 g/mol. The summed E-state index contributed by atoms with van der Waals surface area (Å²) in [5.41, 5.74) is 3.77. The molecule has 2 amide bonds. The summed E-state index contributed by atoms with van der Waals surface area (Å²) in [6.07, 6.45) is 1.73. The van der Waals surface area contributed by atoms with Crippen LogP contribution in [0.4, 0.5) is 5.69 Å². The van der Waals surface area contributed by atoms with Gasteiger partial charge < -0.3 is 10.2 Å². The van der Waals surface area contributed by atoms with E-state index in [0.29, 0.717) is 17.3 Å². The summed E-state index contributed by atoms with van der Waals surface area (Å²) in [6.45, 7) is 9.42. The maximum absolute atomic E-state index is 14.0. The van der Waals surface area contributed by atoms with Gasteiger partial charge in [-0.2, -0.15) is 0 Å². The predicted molar refractivity (Wildman–Crippen MR) is 161 cm³/mol. The second-order valence-electron chi connectivity index (χ2n) is 10.1. The summed E-state index contributed by atoms with van der Waals surface area (Å²) in [5, 5.41) is 3.39. The number of sulfonamides is 1. The van der Waals surface area contributed by atoms with Crippen molar-refractivity contribution in [2.24, 2.45) is 0 Å². The first-order chi connectivity index (χ1) is 18.9. The molecular weight excluding hydrogens is 546 g/mol. The van der Waals surface area contributed by atoms with E-state index in [1.54, 1.807) is 61.5 Å². The van der Waals surface area contributed by atoms with E-state index in [4.69, 9.17) is 11.6 Å². The van der Waals surface area contributed by atoms with Crippen LogP contribution in [-0.4, -0.2) is 44.3 Å². The first kappa shape index (κ1) is 31.2. The highest BCUT2D eigenvalue weighted by molar-refractivity contribution is 7.92. The Kier molecular flexibility index (Phi) is 10.8. The van der Waals surface area contributed by atoms with E-state index in [1.807, 2.05) is 39.8 Å². The summed E-state index contributed by atoms with van der Waals surface area (Å²) in [4.78, 5) is 28.5. The molecule has 0 aliphatic heterocycles. The van der Waals surface area contributed by atoms with E-state index in [2.05, 4.69) is 5.32 Å². The van der Waals surface area contributed by atoms with Gasteiger partial charge in [0.05, 0.1) is 10.6 Å². The van der Waals surface area contributed by atoms with Crippen molar-refractivity contribution in [2.45, 2.75) is 64.9 Å². The number of carbonyl (C=O) groups excluding carboxylic acids is 2. The van der Waals surface area contributed by atoms with Crippen LogP contribution in [0, 0.1) is 20.8 Å². The van der Waals surface area contributed by atoms with Crippen LogP contribution in [0.25, 0.3) is 0 Å². The van der Waals surface area contributed by atoms with Crippen molar-refractivity contribution in [1.29, 1.82) is 0 Å². The maximum atomic E-state index is 14.0. The van der Waals surface area contributed by atoms with Gasteiger partial charge in [0.25, 0.3) is 10.0 Å². The van der Waals surface area contributed by atoms with Gasteiger partial charge in [-0.1, -0.05) is 60.8 Å². The third kappa shape index (κ3) is 8.08. The summed E-state index contributed by atoms with van der Waals surface area (Å²) in [5.74, 6) is -0.809. The Labute approximate surface area is 243 Å². The second-order valence-corrected chi connectivity index (χ2v) is 12.4. The molecule has 0 aliphatic carbocycles. The number of benzene rings is 3. The fraction of sp³-hybridized carbons (Fsp3) is 0.355. The minimum absolute atomic E-state index is 0.0804. The average Bonchev–Trinajstić information content (AvgIpc) is 2.89. The lowest BCUT2D eigenvalue weighted by Crippen LogP contribution is -2.51. The molecule has 7 nitrogen and oxygen atoms in total. The van der Waals surface area contributed by atoms with E-state index in [1.165, 1.54) is 4.90 Å². The van der Waals surface area contributed by atoms with Gasteiger partial charge in [0.15, 0.2) is 0 Å². The molecule has 0 aromatic heterocycles. The molecule has 0 saturated carbocycles. The molecule has 1 atom stereocenters. The van der Waals surface area contributed by atoms with Crippen molar-refractivity contribution in [3.63, 3.8) is 0 Å². The Hall–Kier alpha value is -3.36. The number of nitrogens with one attached hydrogen (secondary N) is 1. The highest BCUT2D eigenvalue weighted by atomic mass is 35.5. The number of unbranched alkanes of at least 4 members (excludes halogenated alkanes) is 1. The minimum atomic E-state index is -4.11. The zero-order valence-electron chi connectivity index (χ0n) is 23.8. The second kappa shape index (κ2) is 13.8. The van der Waals surface area contributed by atoms with Crippen molar-refractivity contribution < 1.29 is 18.0 Å². The number of hydrogen-bond acceptors (Lipinski definition) is 4. The molecule has 0 radical (unpaired) electrons. The molecular formula is C31H38ClN3O4S. The third-order valence-corrected chi connectivity index (χ3v) is 8.64. The van der Waals surface area contributed by atoms with Crippen molar-refractivity contribution >= 4 is 39.1 Å². The molecule has 3 aromatic carbocycles. The first-order valence-electron chi connectivity index (χ1n) is 13.4. The lowest BCUT2D eigenvalue weighted by molar-refractivity contribution is -0.139. The van der Waals surface area contributed by atoms with Crippen LogP contribution in [0.3, 0.4) is 0 Å². The maximum Gasteiger partial charge on any atom is 0.264 e. The Morgan fingerprint density at radius 3 is 2.17 bits per heavy atom. The van der Waals surface area contributed by atoms with Crippen molar-refractivity contribution in [1.82, 2.24) is 10.2 Å². The number of nitrogens with zero attached hydrogens (tertiary/aromatic N) is 2. The molecule has 1 N–H and O–H groups in total. The van der Waals surface area contributed by atoms with Gasteiger partial charge in [-0.25, -0.2) is 8.42 Å². The van der Waals surface area contributed by atoms with Crippen LogP contribution in [0.2, 0.25) is 5.02 Å². The molecule has 0 fully saturated rings. The number of amides is 2. The molecule has 0 unspecified atom stereocenters. The smallest absolute Gasteiger partial charge is 0.264 e. The highest BCUT2D eigenvalue weighted by Gasteiger charge is 2.32. The largest absolute Gasteiger partial charge is 0.354 e. The summed E-state index contributed by atoms with van der Waals surface area (Å²) < 4.78 is 29.1. The Balaban J connectivity index is 2.03. The van der Waals surface area contributed by atoms with Gasteiger partial charge in [0, 0.05) is 18.1 Å². The number of anilines is 1. The van der Waals surface area contributed by atoms with Crippen LogP contribution in [0.5, 0.6) is 0 Å². The van der Waals surface area contributed by atoms with Crippen molar-refractivity contribution in [3.05, 3.63) is 94.0 Å². The molecule has 40 heavy (non-hydrogen) atoms. The third-order valence-electron chi connectivity index (χ3n) is 6.62. The van der Waals surface area contributed by atoms with Crippen LogP contribution in [0.1, 0.15) is 48.9 Å². The van der Waals surface area contributed by atoms with Crippen LogP contribution in [-0.2, 0) is 26.2 Å².